The summed E-state index contributed by atoms with van der Waals surface area (Å²) >= 11 is 0. The minimum atomic E-state index is -4.05. The Morgan fingerprint density at radius 2 is 1.70 bits per heavy atom. The standard InChI is InChI=1S/C13H17NO5S/c14-20(16,17)19-12-8-6-10(7-9-12)13(15)18-11-4-2-1-3-5-11/h6-9,11H,1-5H2,(H2,14,16,17). The predicted octanol–water partition coefficient (Wildman–Crippen LogP) is 1.76. The van der Waals surface area contributed by atoms with E-state index in [9.17, 15) is 13.2 Å². The first kappa shape index (κ1) is 14.8. The minimum Gasteiger partial charge on any atom is -0.459 e. The Morgan fingerprint density at radius 3 is 2.25 bits per heavy atom. The third kappa shape index (κ3) is 4.50. The van der Waals surface area contributed by atoms with Crippen molar-refractivity contribution in [2.75, 3.05) is 0 Å². The van der Waals surface area contributed by atoms with Crippen LogP contribution in [0.3, 0.4) is 0 Å². The number of rotatable bonds is 4. The van der Waals surface area contributed by atoms with Crippen molar-refractivity contribution >= 4 is 16.3 Å². The first-order chi connectivity index (χ1) is 9.44. The lowest BCUT2D eigenvalue weighted by molar-refractivity contribution is 0.0211. The monoisotopic (exact) mass is 299 g/mol. The number of esters is 1. The molecule has 0 amide bonds. The van der Waals surface area contributed by atoms with Crippen LogP contribution in [0.25, 0.3) is 0 Å². The Kier molecular flexibility index (Phi) is 4.61. The van der Waals surface area contributed by atoms with E-state index >= 15 is 0 Å². The van der Waals surface area contributed by atoms with E-state index in [0.717, 1.165) is 25.7 Å². The molecule has 1 aliphatic carbocycles. The van der Waals surface area contributed by atoms with Gasteiger partial charge in [0.15, 0.2) is 0 Å². The van der Waals surface area contributed by atoms with Crippen LogP contribution in [0, 0.1) is 0 Å². The van der Waals surface area contributed by atoms with Gasteiger partial charge in [-0.2, -0.15) is 13.6 Å². The van der Waals surface area contributed by atoms with E-state index in [1.54, 1.807) is 0 Å². The number of carbonyl (C=O) groups excluding carboxylic acids is 1. The molecule has 0 spiro atoms. The van der Waals surface area contributed by atoms with Gasteiger partial charge >= 0.3 is 16.3 Å². The average Bonchev–Trinajstić information content (AvgIpc) is 2.39. The third-order valence-corrected chi connectivity index (χ3v) is 3.55. The highest BCUT2D eigenvalue weighted by Crippen LogP contribution is 2.22. The summed E-state index contributed by atoms with van der Waals surface area (Å²) < 4.78 is 31.4. The van der Waals surface area contributed by atoms with Gasteiger partial charge in [0, 0.05) is 0 Å². The molecule has 2 rings (SSSR count). The predicted molar refractivity (Wildman–Crippen MR) is 72.5 cm³/mol. The first-order valence-electron chi connectivity index (χ1n) is 6.47. The molecular weight excluding hydrogens is 282 g/mol. The Bertz CT molecular complexity index is 561. The Hall–Kier alpha value is -1.60. The van der Waals surface area contributed by atoms with Gasteiger partial charge in [-0.1, -0.05) is 6.42 Å². The van der Waals surface area contributed by atoms with Crippen LogP contribution >= 0.6 is 0 Å². The zero-order valence-electron chi connectivity index (χ0n) is 10.9. The van der Waals surface area contributed by atoms with E-state index in [2.05, 4.69) is 4.18 Å². The van der Waals surface area contributed by atoms with Gasteiger partial charge in [0.2, 0.25) is 0 Å². The van der Waals surface area contributed by atoms with E-state index < -0.39 is 16.3 Å². The molecule has 7 heteroatoms. The maximum absolute atomic E-state index is 11.9. The zero-order chi connectivity index (χ0) is 14.6. The molecule has 1 aliphatic rings. The first-order valence-corrected chi connectivity index (χ1v) is 7.94. The van der Waals surface area contributed by atoms with Crippen LogP contribution in [0.15, 0.2) is 24.3 Å². The fourth-order valence-electron chi connectivity index (χ4n) is 2.18. The molecule has 0 saturated heterocycles. The van der Waals surface area contributed by atoms with Crippen LogP contribution in [-0.2, 0) is 15.0 Å². The van der Waals surface area contributed by atoms with Crippen molar-refractivity contribution in [3.05, 3.63) is 29.8 Å². The van der Waals surface area contributed by atoms with Crippen LogP contribution in [0.4, 0.5) is 0 Å². The summed E-state index contributed by atoms with van der Waals surface area (Å²) in [4.78, 5) is 11.9. The van der Waals surface area contributed by atoms with Gasteiger partial charge < -0.3 is 8.92 Å². The summed E-state index contributed by atoms with van der Waals surface area (Å²) in [6.07, 6.45) is 5.14. The maximum Gasteiger partial charge on any atom is 0.380 e. The van der Waals surface area contributed by atoms with Gasteiger partial charge in [0.1, 0.15) is 11.9 Å². The summed E-state index contributed by atoms with van der Waals surface area (Å²) in [7, 11) is -4.05. The fourth-order valence-corrected chi connectivity index (χ4v) is 2.56. The lowest BCUT2D eigenvalue weighted by Gasteiger charge is -2.21. The topological polar surface area (TPSA) is 95.7 Å². The van der Waals surface area contributed by atoms with Crippen molar-refractivity contribution in [1.82, 2.24) is 0 Å². The number of carbonyl (C=O) groups is 1. The highest BCUT2D eigenvalue weighted by Gasteiger charge is 2.18. The van der Waals surface area contributed by atoms with Gasteiger partial charge in [-0.3, -0.25) is 0 Å². The Labute approximate surface area is 118 Å². The van der Waals surface area contributed by atoms with Crippen LogP contribution in [-0.4, -0.2) is 20.5 Å². The van der Waals surface area contributed by atoms with Gasteiger partial charge in [0.25, 0.3) is 0 Å². The van der Waals surface area contributed by atoms with Crippen molar-refractivity contribution in [3.63, 3.8) is 0 Å². The van der Waals surface area contributed by atoms with Crippen molar-refractivity contribution < 1.29 is 22.1 Å². The maximum atomic E-state index is 11.9. The summed E-state index contributed by atoms with van der Waals surface area (Å²) in [6, 6.07) is 5.63. The van der Waals surface area contributed by atoms with Crippen LogP contribution in [0.1, 0.15) is 42.5 Å². The van der Waals surface area contributed by atoms with E-state index in [-0.39, 0.29) is 11.9 Å². The molecule has 0 aromatic heterocycles. The van der Waals surface area contributed by atoms with Crippen molar-refractivity contribution in [2.24, 2.45) is 5.14 Å². The minimum absolute atomic E-state index is 0.0170. The van der Waals surface area contributed by atoms with E-state index in [4.69, 9.17) is 9.88 Å². The molecule has 0 radical (unpaired) electrons. The lowest BCUT2D eigenvalue weighted by Crippen LogP contribution is -2.21. The van der Waals surface area contributed by atoms with Crippen LogP contribution in [0.2, 0.25) is 0 Å². The Balaban J connectivity index is 1.96. The van der Waals surface area contributed by atoms with Crippen molar-refractivity contribution in [1.29, 1.82) is 0 Å². The summed E-state index contributed by atoms with van der Waals surface area (Å²) in [6.45, 7) is 0. The van der Waals surface area contributed by atoms with Crippen molar-refractivity contribution in [3.8, 4) is 5.75 Å². The quantitative estimate of drug-likeness (QED) is 0.855. The molecule has 1 aromatic carbocycles. The molecule has 0 atom stereocenters. The normalized spacial score (nSPS) is 16.6. The second kappa shape index (κ2) is 6.23. The highest BCUT2D eigenvalue weighted by molar-refractivity contribution is 7.84. The summed E-state index contributed by atoms with van der Waals surface area (Å²) in [5.41, 5.74) is 0.359. The Morgan fingerprint density at radius 1 is 1.10 bits per heavy atom. The molecule has 0 unspecified atom stereocenters. The van der Waals surface area contributed by atoms with Gasteiger partial charge in [-0.15, -0.1) is 0 Å². The molecule has 0 bridgehead atoms. The lowest BCUT2D eigenvalue weighted by atomic mass is 9.98. The van der Waals surface area contributed by atoms with E-state index in [0.29, 0.717) is 5.56 Å². The third-order valence-electron chi connectivity index (χ3n) is 3.13. The molecule has 1 saturated carbocycles. The highest BCUT2D eigenvalue weighted by atomic mass is 32.2. The molecule has 110 valence electrons. The molecule has 1 fully saturated rings. The summed E-state index contributed by atoms with van der Waals surface area (Å²) in [5.74, 6) is -0.347. The van der Waals surface area contributed by atoms with E-state index in [1.165, 1.54) is 30.7 Å². The molecule has 1 aromatic rings. The molecular formula is C13H17NO5S. The van der Waals surface area contributed by atoms with E-state index in [1.807, 2.05) is 0 Å². The fraction of sp³-hybridized carbons (Fsp3) is 0.462. The van der Waals surface area contributed by atoms with Gasteiger partial charge in [0.05, 0.1) is 5.56 Å². The number of hydrogen-bond donors (Lipinski definition) is 1. The summed E-state index contributed by atoms with van der Waals surface area (Å²) in [5, 5.41) is 4.75. The molecule has 0 heterocycles. The van der Waals surface area contributed by atoms with Gasteiger partial charge in [-0.25, -0.2) is 4.79 Å². The zero-order valence-corrected chi connectivity index (χ0v) is 11.8. The molecule has 0 aliphatic heterocycles. The average molecular weight is 299 g/mol. The second-order valence-corrected chi connectivity index (χ2v) is 5.92. The van der Waals surface area contributed by atoms with Crippen LogP contribution < -0.4 is 9.32 Å². The number of benzene rings is 1. The molecule has 6 nitrogen and oxygen atoms in total. The molecule has 2 N–H and O–H groups in total. The SMILES string of the molecule is NS(=O)(=O)Oc1ccc(C(=O)OC2CCCCC2)cc1. The largest absolute Gasteiger partial charge is 0.459 e. The molecule has 20 heavy (non-hydrogen) atoms. The smallest absolute Gasteiger partial charge is 0.380 e. The number of ether oxygens (including phenoxy) is 1. The van der Waals surface area contributed by atoms with Crippen LogP contribution in [0.5, 0.6) is 5.75 Å². The van der Waals surface area contributed by atoms with Gasteiger partial charge in [-0.05, 0) is 49.9 Å². The number of hydrogen-bond acceptors (Lipinski definition) is 5. The number of nitrogens with two attached hydrogens (primary N) is 1. The second-order valence-electron chi connectivity index (χ2n) is 4.77. The van der Waals surface area contributed by atoms with Crippen molar-refractivity contribution in [2.45, 2.75) is 38.2 Å².